The van der Waals surface area contributed by atoms with E-state index in [1.54, 1.807) is 6.08 Å². The Morgan fingerprint density at radius 2 is 0.768 bits per heavy atom. The molecule has 56 heavy (non-hydrogen) atoms. The monoisotopic (exact) mass is 788 g/mol. The van der Waals surface area contributed by atoms with E-state index in [0.29, 0.717) is 6.42 Å². The molecule has 0 bridgehead atoms. The topological polar surface area (TPSA) is 89.8 Å². The summed E-state index contributed by atoms with van der Waals surface area (Å²) in [4.78, 5) is 12.5. The number of rotatable bonds is 45. The van der Waals surface area contributed by atoms with E-state index in [-0.39, 0.29) is 6.61 Å². The lowest BCUT2D eigenvalue weighted by Crippen LogP contribution is -2.48. The van der Waals surface area contributed by atoms with E-state index < -0.39 is 24.2 Å². The van der Waals surface area contributed by atoms with E-state index >= 15 is 0 Å². The second-order valence-corrected chi connectivity index (χ2v) is 17.0. The first-order chi connectivity index (χ1) is 27.6. The Balaban J connectivity index is 3.66. The Labute approximate surface area is 349 Å². The molecule has 3 atom stereocenters. The van der Waals surface area contributed by atoms with Crippen molar-refractivity contribution in [1.29, 1.82) is 0 Å². The van der Waals surface area contributed by atoms with E-state index in [9.17, 15) is 20.1 Å². The molecule has 0 saturated heterocycles. The average molecular weight is 788 g/mol. The molecule has 0 aliphatic rings. The second kappa shape index (κ2) is 46.3. The lowest BCUT2D eigenvalue weighted by molar-refractivity contribution is -0.131. The Kier molecular flexibility index (Phi) is 45.1. The highest BCUT2D eigenvalue weighted by Gasteiger charge is 2.22. The fourth-order valence-electron chi connectivity index (χ4n) is 7.57. The third-order valence-corrected chi connectivity index (χ3v) is 11.5. The molecule has 0 rings (SSSR count). The van der Waals surface area contributed by atoms with Crippen LogP contribution in [-0.4, -0.2) is 46.1 Å². The summed E-state index contributed by atoms with van der Waals surface area (Å²) < 4.78 is 0. The van der Waals surface area contributed by atoms with Gasteiger partial charge in [-0.15, -0.1) is 0 Å². The molecule has 0 fully saturated rings. The standard InChI is InChI=1S/C51H97NO4/c1-3-5-7-9-11-13-15-17-19-21-23-25-26-28-30-32-34-36-38-40-42-44-46-50(55)51(56)52-48(47-53)49(54)45-43-41-39-37-35-33-31-29-27-24-22-20-18-16-14-12-10-8-6-4-2/h23,25,28,30,43,45,48-50,53-55H,3-22,24,26-27,29,31-42,44,46-47H2,1-2H3,(H,52,56)/b25-23-,30-28-,45-43+. The fraction of sp³-hybridized carbons (Fsp3) is 0.863. The zero-order valence-electron chi connectivity index (χ0n) is 37.5. The summed E-state index contributed by atoms with van der Waals surface area (Å²) in [6.45, 7) is 4.20. The molecule has 0 aliphatic heterocycles. The predicted octanol–water partition coefficient (Wildman–Crippen LogP) is 14.7. The van der Waals surface area contributed by atoms with Crippen LogP contribution in [-0.2, 0) is 4.79 Å². The lowest BCUT2D eigenvalue weighted by atomic mass is 10.0. The third kappa shape index (κ3) is 40.8. The van der Waals surface area contributed by atoms with Gasteiger partial charge in [0.05, 0.1) is 18.8 Å². The molecule has 1 amide bonds. The molecule has 5 heteroatoms. The summed E-state index contributed by atoms with van der Waals surface area (Å²) in [6, 6.07) is -0.802. The van der Waals surface area contributed by atoms with Crippen LogP contribution in [0.15, 0.2) is 36.5 Å². The minimum Gasteiger partial charge on any atom is -0.394 e. The van der Waals surface area contributed by atoms with Crippen molar-refractivity contribution >= 4 is 5.91 Å². The van der Waals surface area contributed by atoms with Gasteiger partial charge in [-0.3, -0.25) is 4.79 Å². The SMILES string of the molecule is CCCCCCCCCCC/C=C\C/C=C\CCCCCCCCC(O)C(=O)NC(CO)C(O)/C=C/CCCCCCCCCCCCCCCCCCCC. The highest BCUT2D eigenvalue weighted by Crippen LogP contribution is 2.16. The molecule has 0 aromatic heterocycles. The molecular weight excluding hydrogens is 691 g/mol. The molecule has 0 radical (unpaired) electrons. The van der Waals surface area contributed by atoms with Crippen LogP contribution in [0.25, 0.3) is 0 Å². The quantitative estimate of drug-likeness (QED) is 0.0365. The summed E-state index contributed by atoms with van der Waals surface area (Å²) in [6.07, 6.45) is 59.0. The minimum absolute atomic E-state index is 0.367. The van der Waals surface area contributed by atoms with Crippen LogP contribution < -0.4 is 5.32 Å². The van der Waals surface area contributed by atoms with Gasteiger partial charge in [0.2, 0.25) is 5.91 Å². The highest BCUT2D eigenvalue weighted by atomic mass is 16.3. The number of hydrogen-bond donors (Lipinski definition) is 4. The molecule has 3 unspecified atom stereocenters. The van der Waals surface area contributed by atoms with Crippen LogP contribution in [0.4, 0.5) is 0 Å². The normalized spacial score (nSPS) is 13.7. The number of carbonyl (C=O) groups is 1. The van der Waals surface area contributed by atoms with Gasteiger partial charge in [0, 0.05) is 0 Å². The fourth-order valence-corrected chi connectivity index (χ4v) is 7.57. The van der Waals surface area contributed by atoms with Crippen LogP contribution in [0.3, 0.4) is 0 Å². The van der Waals surface area contributed by atoms with Gasteiger partial charge in [-0.1, -0.05) is 243 Å². The zero-order valence-corrected chi connectivity index (χ0v) is 37.5. The Bertz CT molecular complexity index is 870. The van der Waals surface area contributed by atoms with Gasteiger partial charge in [-0.25, -0.2) is 0 Å². The molecule has 0 aromatic carbocycles. The van der Waals surface area contributed by atoms with Crippen molar-refractivity contribution in [2.75, 3.05) is 6.61 Å². The predicted molar refractivity (Wildman–Crippen MR) is 245 cm³/mol. The largest absolute Gasteiger partial charge is 0.394 e. The summed E-state index contributed by atoms with van der Waals surface area (Å²) in [5.41, 5.74) is 0. The van der Waals surface area contributed by atoms with Gasteiger partial charge in [-0.2, -0.15) is 0 Å². The average Bonchev–Trinajstić information content (AvgIpc) is 3.20. The number of unbranched alkanes of at least 4 members (excludes halogenated alkanes) is 33. The number of aliphatic hydroxyl groups is 3. The molecular formula is C51H97NO4. The summed E-state index contributed by atoms with van der Waals surface area (Å²) in [5, 5.41) is 33.3. The van der Waals surface area contributed by atoms with Crippen molar-refractivity contribution in [2.24, 2.45) is 0 Å². The van der Waals surface area contributed by atoms with Crippen molar-refractivity contribution in [2.45, 2.75) is 276 Å². The van der Waals surface area contributed by atoms with Crippen molar-refractivity contribution in [3.8, 4) is 0 Å². The molecule has 0 spiro atoms. The van der Waals surface area contributed by atoms with Gasteiger partial charge in [-0.05, 0) is 51.4 Å². The zero-order chi connectivity index (χ0) is 40.8. The van der Waals surface area contributed by atoms with Gasteiger partial charge in [0.1, 0.15) is 6.10 Å². The van der Waals surface area contributed by atoms with Crippen molar-refractivity contribution in [3.05, 3.63) is 36.5 Å². The Morgan fingerprint density at radius 3 is 1.12 bits per heavy atom. The molecule has 0 saturated carbocycles. The van der Waals surface area contributed by atoms with Gasteiger partial charge >= 0.3 is 0 Å². The van der Waals surface area contributed by atoms with Crippen LogP contribution in [0.2, 0.25) is 0 Å². The number of hydrogen-bond acceptors (Lipinski definition) is 4. The maximum Gasteiger partial charge on any atom is 0.249 e. The molecule has 0 heterocycles. The first-order valence-electron chi connectivity index (χ1n) is 24.8. The van der Waals surface area contributed by atoms with Gasteiger partial charge in [0.15, 0.2) is 0 Å². The number of carbonyl (C=O) groups excluding carboxylic acids is 1. The van der Waals surface area contributed by atoms with E-state index in [1.165, 1.54) is 193 Å². The molecule has 330 valence electrons. The van der Waals surface area contributed by atoms with E-state index in [0.717, 1.165) is 44.9 Å². The summed E-state index contributed by atoms with van der Waals surface area (Å²) in [5.74, 6) is -0.509. The number of nitrogens with one attached hydrogen (secondary N) is 1. The summed E-state index contributed by atoms with van der Waals surface area (Å²) in [7, 11) is 0. The third-order valence-electron chi connectivity index (χ3n) is 11.5. The first-order valence-corrected chi connectivity index (χ1v) is 24.8. The van der Waals surface area contributed by atoms with Gasteiger partial charge in [0.25, 0.3) is 0 Å². The van der Waals surface area contributed by atoms with Crippen molar-refractivity contribution < 1.29 is 20.1 Å². The molecule has 4 N–H and O–H groups in total. The van der Waals surface area contributed by atoms with Crippen LogP contribution in [0, 0.1) is 0 Å². The maximum absolute atomic E-state index is 12.5. The lowest BCUT2D eigenvalue weighted by Gasteiger charge is -2.21. The van der Waals surface area contributed by atoms with Crippen molar-refractivity contribution in [1.82, 2.24) is 5.32 Å². The second-order valence-electron chi connectivity index (χ2n) is 17.0. The Hall–Kier alpha value is -1.43. The van der Waals surface area contributed by atoms with Crippen LogP contribution >= 0.6 is 0 Å². The van der Waals surface area contributed by atoms with Gasteiger partial charge < -0.3 is 20.6 Å². The Morgan fingerprint density at radius 1 is 0.446 bits per heavy atom. The van der Waals surface area contributed by atoms with E-state index in [1.807, 2.05) is 6.08 Å². The maximum atomic E-state index is 12.5. The first kappa shape index (κ1) is 54.6. The number of aliphatic hydroxyl groups excluding tert-OH is 3. The molecule has 5 nitrogen and oxygen atoms in total. The van der Waals surface area contributed by atoms with E-state index in [2.05, 4.69) is 43.5 Å². The minimum atomic E-state index is -1.11. The van der Waals surface area contributed by atoms with Crippen LogP contribution in [0.1, 0.15) is 258 Å². The number of allylic oxidation sites excluding steroid dienone is 5. The summed E-state index contributed by atoms with van der Waals surface area (Å²) >= 11 is 0. The molecule has 0 aromatic rings. The highest BCUT2D eigenvalue weighted by molar-refractivity contribution is 5.80. The van der Waals surface area contributed by atoms with Crippen LogP contribution in [0.5, 0.6) is 0 Å². The molecule has 0 aliphatic carbocycles. The number of amides is 1. The smallest absolute Gasteiger partial charge is 0.249 e. The van der Waals surface area contributed by atoms with E-state index in [4.69, 9.17) is 0 Å². The van der Waals surface area contributed by atoms with Crippen molar-refractivity contribution in [3.63, 3.8) is 0 Å².